The van der Waals surface area contributed by atoms with Gasteiger partial charge in [0.05, 0.1) is 25.4 Å². The second-order valence-electron chi connectivity index (χ2n) is 19.5. The van der Waals surface area contributed by atoms with Gasteiger partial charge in [0.2, 0.25) is 5.91 Å². The quantitative estimate of drug-likeness (QED) is 0.0149. The lowest BCUT2D eigenvalue weighted by atomic mass is 9.99. The Labute approximate surface area is 443 Å². The van der Waals surface area contributed by atoms with Crippen LogP contribution in [-0.2, 0) is 23.8 Å². The summed E-state index contributed by atoms with van der Waals surface area (Å²) in [7, 11) is 0. The molecular weight excluding hydrogens is 919 g/mol. The van der Waals surface area contributed by atoms with E-state index in [1.807, 2.05) is 72.9 Å². The number of allylic oxidation sites excluding steroid dienone is 17. The van der Waals surface area contributed by atoms with Gasteiger partial charge in [-0.15, -0.1) is 0 Å². The summed E-state index contributed by atoms with van der Waals surface area (Å²) in [5, 5.41) is 56.8. The minimum Gasteiger partial charge on any atom is -0.454 e. The third kappa shape index (κ3) is 37.7. The number of unbranched alkanes of at least 4 members (excludes halogenated alkanes) is 22. The van der Waals surface area contributed by atoms with Crippen molar-refractivity contribution in [2.75, 3.05) is 13.2 Å². The fourth-order valence-electron chi connectivity index (χ4n) is 8.26. The standard InChI is InChI=1S/C62H103NO10/c1-4-7-10-13-16-19-22-25-27-29-31-34-37-40-43-46-49-55(66)61(70)63-53(54(65)48-45-42-39-36-33-30-24-21-18-15-12-9-6-3)52-71-62-60(59(69)58(68)56(51-64)72-62)73-57(67)50-47-44-41-38-35-32-28-26-23-20-17-14-11-8-5-2/h7,10,13,16-17,19-20,22-23,25-27,29,31,34,37,45,48,53-56,58-60,62,64-66,68-69H,4-6,8-9,11-12,14-15,18,21,24,28,30,32-33,35-36,38-44,46-47,49-52H2,1-3H3,(H,63,70)/b10-7-,16-13+,20-17+,22-19+,26-23+,27-25-,31-29+,37-34+,48-45+. The second kappa shape index (κ2) is 49.2. The van der Waals surface area contributed by atoms with Gasteiger partial charge in [0, 0.05) is 6.42 Å². The number of ether oxygens (including phenoxy) is 3. The molecule has 0 aromatic heterocycles. The van der Waals surface area contributed by atoms with Gasteiger partial charge in [-0.1, -0.05) is 239 Å². The van der Waals surface area contributed by atoms with Crippen molar-refractivity contribution in [1.82, 2.24) is 5.32 Å². The van der Waals surface area contributed by atoms with E-state index in [1.165, 1.54) is 70.6 Å². The van der Waals surface area contributed by atoms with Crippen LogP contribution in [0.3, 0.4) is 0 Å². The number of carbonyl (C=O) groups excluding carboxylic acids is 2. The van der Waals surface area contributed by atoms with Crippen LogP contribution in [0.25, 0.3) is 0 Å². The lowest BCUT2D eigenvalue weighted by Crippen LogP contribution is -2.61. The van der Waals surface area contributed by atoms with Crippen LogP contribution in [0.1, 0.15) is 207 Å². The zero-order valence-electron chi connectivity index (χ0n) is 45.7. The molecule has 0 spiro atoms. The second-order valence-corrected chi connectivity index (χ2v) is 19.5. The molecule has 1 rings (SSSR count). The minimum absolute atomic E-state index is 0.0984. The van der Waals surface area contributed by atoms with Crippen molar-refractivity contribution in [3.63, 3.8) is 0 Å². The fourth-order valence-corrected chi connectivity index (χ4v) is 8.26. The summed E-state index contributed by atoms with van der Waals surface area (Å²) < 4.78 is 17.5. The van der Waals surface area contributed by atoms with E-state index in [4.69, 9.17) is 14.2 Å². The Morgan fingerprint density at radius 2 is 0.986 bits per heavy atom. The first kappa shape index (κ1) is 67.3. The molecule has 11 heteroatoms. The highest BCUT2D eigenvalue weighted by Crippen LogP contribution is 2.26. The summed E-state index contributed by atoms with van der Waals surface area (Å²) in [6, 6.07) is -1.06. The molecule has 1 aliphatic rings. The summed E-state index contributed by atoms with van der Waals surface area (Å²) in [6.45, 7) is 5.55. The number of aliphatic hydroxyl groups is 5. The Balaban J connectivity index is 2.80. The molecule has 416 valence electrons. The van der Waals surface area contributed by atoms with Crippen molar-refractivity contribution in [3.8, 4) is 0 Å². The number of esters is 1. The summed E-state index contributed by atoms with van der Waals surface area (Å²) in [5.41, 5.74) is 0. The predicted molar refractivity (Wildman–Crippen MR) is 301 cm³/mol. The number of hydrogen-bond donors (Lipinski definition) is 6. The number of aliphatic hydroxyl groups excluding tert-OH is 5. The van der Waals surface area contributed by atoms with Gasteiger partial charge in [0.1, 0.15) is 24.4 Å². The SMILES string of the molecule is CC\C=C/C=C/C=C/C=C\C=C\C=C\CCCCC(O)C(=O)NC(COC1OC(CO)C(O)C(O)C1OC(=O)CCCCCCCC/C=C/C=C/CCCCC)C(O)/C=C/CCCCCCCCCCCCC. The van der Waals surface area contributed by atoms with Crippen LogP contribution in [0, 0.1) is 0 Å². The van der Waals surface area contributed by atoms with Gasteiger partial charge in [0.15, 0.2) is 12.4 Å². The van der Waals surface area contributed by atoms with E-state index in [0.717, 1.165) is 89.9 Å². The molecule has 8 atom stereocenters. The van der Waals surface area contributed by atoms with Gasteiger partial charge < -0.3 is 45.1 Å². The number of hydrogen-bond acceptors (Lipinski definition) is 10. The van der Waals surface area contributed by atoms with E-state index >= 15 is 0 Å². The first-order chi connectivity index (χ1) is 35.7. The molecule has 73 heavy (non-hydrogen) atoms. The molecule has 1 amide bonds. The predicted octanol–water partition coefficient (Wildman–Crippen LogP) is 12.9. The van der Waals surface area contributed by atoms with Gasteiger partial charge in [0.25, 0.3) is 0 Å². The first-order valence-electron chi connectivity index (χ1n) is 28.8. The van der Waals surface area contributed by atoms with Crippen LogP contribution in [0.5, 0.6) is 0 Å². The van der Waals surface area contributed by atoms with Crippen molar-refractivity contribution < 1.29 is 49.3 Å². The highest BCUT2D eigenvalue weighted by molar-refractivity contribution is 5.80. The average molecular weight is 1020 g/mol. The van der Waals surface area contributed by atoms with E-state index in [2.05, 4.69) is 56.5 Å². The molecule has 0 radical (unpaired) electrons. The molecule has 1 saturated heterocycles. The van der Waals surface area contributed by atoms with E-state index in [0.29, 0.717) is 12.8 Å². The number of nitrogens with one attached hydrogen (secondary N) is 1. The Morgan fingerprint density at radius 1 is 0.548 bits per heavy atom. The first-order valence-corrected chi connectivity index (χ1v) is 28.8. The summed E-state index contributed by atoms with van der Waals surface area (Å²) in [5.74, 6) is -1.26. The van der Waals surface area contributed by atoms with Crippen LogP contribution in [0.4, 0.5) is 0 Å². The van der Waals surface area contributed by atoms with Crippen LogP contribution >= 0.6 is 0 Å². The largest absolute Gasteiger partial charge is 0.454 e. The summed E-state index contributed by atoms with van der Waals surface area (Å²) in [6.07, 6.45) is 55.5. The summed E-state index contributed by atoms with van der Waals surface area (Å²) in [4.78, 5) is 26.5. The maximum Gasteiger partial charge on any atom is 0.306 e. The molecule has 8 unspecified atom stereocenters. The van der Waals surface area contributed by atoms with Gasteiger partial charge in [-0.2, -0.15) is 0 Å². The monoisotopic (exact) mass is 1020 g/mol. The van der Waals surface area contributed by atoms with Gasteiger partial charge >= 0.3 is 5.97 Å². The number of amides is 1. The number of rotatable bonds is 46. The van der Waals surface area contributed by atoms with Crippen molar-refractivity contribution >= 4 is 11.9 Å². The van der Waals surface area contributed by atoms with Crippen LogP contribution in [0.15, 0.2) is 109 Å². The normalized spacial score (nSPS) is 20.2. The molecule has 0 aromatic carbocycles. The van der Waals surface area contributed by atoms with Crippen LogP contribution < -0.4 is 5.32 Å². The van der Waals surface area contributed by atoms with Gasteiger partial charge in [-0.3, -0.25) is 9.59 Å². The molecule has 1 fully saturated rings. The molecule has 6 N–H and O–H groups in total. The summed E-state index contributed by atoms with van der Waals surface area (Å²) >= 11 is 0. The third-order valence-corrected chi connectivity index (χ3v) is 12.8. The molecular formula is C62H103NO10. The van der Waals surface area contributed by atoms with E-state index in [1.54, 1.807) is 6.08 Å². The number of carbonyl (C=O) groups is 2. The highest BCUT2D eigenvalue weighted by atomic mass is 16.7. The topological polar surface area (TPSA) is 175 Å². The van der Waals surface area contributed by atoms with Crippen molar-refractivity contribution in [2.45, 2.75) is 256 Å². The Hall–Kier alpha value is -3.68. The maximum absolute atomic E-state index is 13.4. The maximum atomic E-state index is 13.4. The van der Waals surface area contributed by atoms with E-state index < -0.39 is 67.4 Å². The molecule has 1 heterocycles. The van der Waals surface area contributed by atoms with Crippen molar-refractivity contribution in [1.29, 1.82) is 0 Å². The Morgan fingerprint density at radius 3 is 1.52 bits per heavy atom. The van der Waals surface area contributed by atoms with E-state index in [-0.39, 0.29) is 19.4 Å². The average Bonchev–Trinajstić information content (AvgIpc) is 3.39. The zero-order valence-corrected chi connectivity index (χ0v) is 45.7. The fraction of sp³-hybridized carbons (Fsp3) is 0.677. The minimum atomic E-state index is -1.63. The molecule has 0 saturated carbocycles. The van der Waals surface area contributed by atoms with Crippen molar-refractivity contribution in [2.24, 2.45) is 0 Å². The highest BCUT2D eigenvalue weighted by Gasteiger charge is 2.47. The van der Waals surface area contributed by atoms with Crippen LogP contribution in [0.2, 0.25) is 0 Å². The lowest BCUT2D eigenvalue weighted by Gasteiger charge is -2.41. The van der Waals surface area contributed by atoms with Gasteiger partial charge in [-0.25, -0.2) is 0 Å². The molecule has 0 aromatic rings. The third-order valence-electron chi connectivity index (χ3n) is 12.8. The molecule has 11 nitrogen and oxygen atoms in total. The van der Waals surface area contributed by atoms with Crippen LogP contribution in [-0.4, -0.2) is 99.6 Å². The Kier molecular flexibility index (Phi) is 45.4. The zero-order chi connectivity index (χ0) is 53.3. The molecule has 0 aliphatic carbocycles. The molecule has 1 aliphatic heterocycles. The van der Waals surface area contributed by atoms with Crippen molar-refractivity contribution in [3.05, 3.63) is 109 Å². The molecule has 0 bridgehead atoms. The smallest absolute Gasteiger partial charge is 0.306 e. The Bertz CT molecular complexity index is 1600. The van der Waals surface area contributed by atoms with E-state index in [9.17, 15) is 35.1 Å². The van der Waals surface area contributed by atoms with Gasteiger partial charge in [-0.05, 0) is 70.6 Å². The lowest BCUT2D eigenvalue weighted by molar-refractivity contribution is -0.305.